The molecular formula is C15H19NO3S. The van der Waals surface area contributed by atoms with Crippen molar-refractivity contribution < 1.29 is 13.5 Å². The van der Waals surface area contributed by atoms with E-state index in [1.54, 1.807) is 0 Å². The fourth-order valence-corrected chi connectivity index (χ4v) is 2.92. The van der Waals surface area contributed by atoms with E-state index in [9.17, 15) is 13.5 Å². The van der Waals surface area contributed by atoms with Crippen molar-refractivity contribution in [3.05, 3.63) is 41.6 Å². The van der Waals surface area contributed by atoms with Gasteiger partial charge >= 0.3 is 0 Å². The molecule has 0 saturated heterocycles. The van der Waals surface area contributed by atoms with Gasteiger partial charge in [0.25, 0.3) is 0 Å². The SMILES string of the molecule is Cc1cc(C(O)CCCS(C)(=O)=O)nc2ccccc12. The predicted molar refractivity (Wildman–Crippen MR) is 80.4 cm³/mol. The van der Waals surface area contributed by atoms with Crippen molar-refractivity contribution >= 4 is 20.7 Å². The normalized spacial score (nSPS) is 13.6. The fraction of sp³-hybridized carbons (Fsp3) is 0.400. The lowest BCUT2D eigenvalue weighted by atomic mass is 10.0. The summed E-state index contributed by atoms with van der Waals surface area (Å²) in [4.78, 5) is 4.45. The lowest BCUT2D eigenvalue weighted by molar-refractivity contribution is 0.162. The van der Waals surface area contributed by atoms with E-state index in [1.807, 2.05) is 37.3 Å². The van der Waals surface area contributed by atoms with E-state index >= 15 is 0 Å². The Morgan fingerprint density at radius 3 is 2.70 bits per heavy atom. The number of para-hydroxylation sites is 1. The van der Waals surface area contributed by atoms with Crippen LogP contribution in [0.5, 0.6) is 0 Å². The molecule has 108 valence electrons. The van der Waals surface area contributed by atoms with Gasteiger partial charge in [-0.2, -0.15) is 0 Å². The van der Waals surface area contributed by atoms with E-state index in [2.05, 4.69) is 4.98 Å². The monoisotopic (exact) mass is 293 g/mol. The molecule has 1 N–H and O–H groups in total. The number of pyridine rings is 1. The number of sulfone groups is 1. The van der Waals surface area contributed by atoms with Gasteiger partial charge in [-0.1, -0.05) is 18.2 Å². The quantitative estimate of drug-likeness (QED) is 0.919. The van der Waals surface area contributed by atoms with Crippen LogP contribution < -0.4 is 0 Å². The van der Waals surface area contributed by atoms with E-state index < -0.39 is 15.9 Å². The Hall–Kier alpha value is -1.46. The zero-order chi connectivity index (χ0) is 14.8. The Bertz CT molecular complexity index is 710. The number of hydrogen-bond donors (Lipinski definition) is 1. The summed E-state index contributed by atoms with van der Waals surface area (Å²) < 4.78 is 22.2. The summed E-state index contributed by atoms with van der Waals surface area (Å²) in [5.41, 5.74) is 2.52. The Labute approximate surface area is 119 Å². The zero-order valence-electron chi connectivity index (χ0n) is 11.7. The molecule has 2 rings (SSSR count). The summed E-state index contributed by atoms with van der Waals surface area (Å²) in [5, 5.41) is 11.2. The van der Waals surface area contributed by atoms with Crippen LogP contribution in [-0.2, 0) is 9.84 Å². The minimum absolute atomic E-state index is 0.0939. The van der Waals surface area contributed by atoms with Crippen molar-refractivity contribution in [2.75, 3.05) is 12.0 Å². The first-order chi connectivity index (χ1) is 9.37. The second-order valence-corrected chi connectivity index (χ2v) is 7.43. The van der Waals surface area contributed by atoms with Gasteiger partial charge in [-0.3, -0.25) is 4.98 Å². The number of aliphatic hydroxyl groups excluding tert-OH is 1. The molecule has 5 heteroatoms. The fourth-order valence-electron chi connectivity index (χ4n) is 2.23. The third-order valence-electron chi connectivity index (χ3n) is 3.28. The Kier molecular flexibility index (Phi) is 4.40. The molecule has 0 bridgehead atoms. The van der Waals surface area contributed by atoms with Gasteiger partial charge in [0.15, 0.2) is 0 Å². The van der Waals surface area contributed by atoms with E-state index in [4.69, 9.17) is 0 Å². The molecule has 0 saturated carbocycles. The third kappa shape index (κ3) is 3.77. The second kappa shape index (κ2) is 5.89. The summed E-state index contributed by atoms with van der Waals surface area (Å²) in [7, 11) is -2.98. The summed E-state index contributed by atoms with van der Waals surface area (Å²) in [6.07, 6.45) is 1.32. The minimum atomic E-state index is -2.98. The second-order valence-electron chi connectivity index (χ2n) is 5.17. The molecule has 0 fully saturated rings. The number of aryl methyl sites for hydroxylation is 1. The maximum atomic E-state index is 11.1. The maximum Gasteiger partial charge on any atom is 0.147 e. The molecule has 0 amide bonds. The Balaban J connectivity index is 2.16. The number of benzene rings is 1. The number of aromatic nitrogens is 1. The van der Waals surface area contributed by atoms with Gasteiger partial charge in [0.2, 0.25) is 0 Å². The average molecular weight is 293 g/mol. The predicted octanol–water partition coefficient (Wildman–Crippen LogP) is 2.40. The molecule has 20 heavy (non-hydrogen) atoms. The highest BCUT2D eigenvalue weighted by atomic mass is 32.2. The van der Waals surface area contributed by atoms with Crippen LogP contribution in [0, 0.1) is 6.92 Å². The molecule has 2 aromatic rings. The molecule has 4 nitrogen and oxygen atoms in total. The van der Waals surface area contributed by atoms with E-state index in [-0.39, 0.29) is 5.75 Å². The van der Waals surface area contributed by atoms with E-state index in [1.165, 1.54) is 6.26 Å². The van der Waals surface area contributed by atoms with Crippen LogP contribution in [0.15, 0.2) is 30.3 Å². The van der Waals surface area contributed by atoms with Crippen LogP contribution in [0.3, 0.4) is 0 Å². The number of fused-ring (bicyclic) bond motifs is 1. The Morgan fingerprint density at radius 1 is 1.30 bits per heavy atom. The van der Waals surface area contributed by atoms with Crippen LogP contribution >= 0.6 is 0 Å². The minimum Gasteiger partial charge on any atom is -0.387 e. The highest BCUT2D eigenvalue weighted by Gasteiger charge is 2.12. The highest BCUT2D eigenvalue weighted by Crippen LogP contribution is 2.23. The van der Waals surface area contributed by atoms with Gasteiger partial charge in [-0.05, 0) is 37.5 Å². The topological polar surface area (TPSA) is 67.3 Å². The van der Waals surface area contributed by atoms with Gasteiger partial charge in [0.1, 0.15) is 9.84 Å². The molecule has 1 aromatic carbocycles. The van der Waals surface area contributed by atoms with Gasteiger partial charge < -0.3 is 5.11 Å². The van der Waals surface area contributed by atoms with Crippen molar-refractivity contribution in [3.8, 4) is 0 Å². The number of nitrogens with zero attached hydrogens (tertiary/aromatic N) is 1. The zero-order valence-corrected chi connectivity index (χ0v) is 12.5. The largest absolute Gasteiger partial charge is 0.387 e. The summed E-state index contributed by atoms with van der Waals surface area (Å²) >= 11 is 0. The van der Waals surface area contributed by atoms with Crippen molar-refractivity contribution in [1.82, 2.24) is 4.98 Å². The smallest absolute Gasteiger partial charge is 0.147 e. The first-order valence-corrected chi connectivity index (χ1v) is 8.65. The average Bonchev–Trinajstić information content (AvgIpc) is 2.37. The molecular weight excluding hydrogens is 274 g/mol. The van der Waals surface area contributed by atoms with Crippen molar-refractivity contribution in [3.63, 3.8) is 0 Å². The number of hydrogen-bond acceptors (Lipinski definition) is 4. The Morgan fingerprint density at radius 2 is 2.00 bits per heavy atom. The summed E-state index contributed by atoms with van der Waals surface area (Å²) in [6.45, 7) is 1.98. The standard InChI is InChI=1S/C15H19NO3S/c1-11-10-14(15(17)8-5-9-20(2,18)19)16-13-7-4-3-6-12(11)13/h3-4,6-7,10,15,17H,5,8-9H2,1-2H3. The van der Waals surface area contributed by atoms with Gasteiger partial charge in [-0.25, -0.2) is 8.42 Å². The molecule has 1 atom stereocenters. The molecule has 0 aliphatic heterocycles. The summed E-state index contributed by atoms with van der Waals surface area (Å²) in [6, 6.07) is 9.65. The molecule has 0 aliphatic carbocycles. The van der Waals surface area contributed by atoms with E-state index in [0.29, 0.717) is 18.5 Å². The maximum absolute atomic E-state index is 11.1. The van der Waals surface area contributed by atoms with E-state index in [0.717, 1.165) is 16.5 Å². The lowest BCUT2D eigenvalue weighted by Crippen LogP contribution is -2.07. The molecule has 0 spiro atoms. The van der Waals surface area contributed by atoms with Crippen LogP contribution in [-0.4, -0.2) is 30.5 Å². The van der Waals surface area contributed by atoms with Crippen LogP contribution in [0.25, 0.3) is 10.9 Å². The third-order valence-corrected chi connectivity index (χ3v) is 4.31. The van der Waals surface area contributed by atoms with Crippen LogP contribution in [0.4, 0.5) is 0 Å². The number of aliphatic hydroxyl groups is 1. The lowest BCUT2D eigenvalue weighted by Gasteiger charge is -2.12. The van der Waals surface area contributed by atoms with Crippen molar-refractivity contribution in [2.24, 2.45) is 0 Å². The molecule has 1 unspecified atom stereocenters. The molecule has 1 heterocycles. The van der Waals surface area contributed by atoms with Gasteiger partial charge in [-0.15, -0.1) is 0 Å². The first-order valence-electron chi connectivity index (χ1n) is 6.59. The van der Waals surface area contributed by atoms with Crippen molar-refractivity contribution in [1.29, 1.82) is 0 Å². The number of rotatable bonds is 5. The molecule has 0 radical (unpaired) electrons. The van der Waals surface area contributed by atoms with Crippen molar-refractivity contribution in [2.45, 2.75) is 25.9 Å². The van der Waals surface area contributed by atoms with Crippen LogP contribution in [0.1, 0.15) is 30.2 Å². The highest BCUT2D eigenvalue weighted by molar-refractivity contribution is 7.90. The molecule has 1 aromatic heterocycles. The summed E-state index contributed by atoms with van der Waals surface area (Å²) in [5.74, 6) is 0.0939. The van der Waals surface area contributed by atoms with Gasteiger partial charge in [0.05, 0.1) is 17.3 Å². The first kappa shape index (κ1) is 14.9. The van der Waals surface area contributed by atoms with Crippen LogP contribution in [0.2, 0.25) is 0 Å². The molecule has 0 aliphatic rings. The van der Waals surface area contributed by atoms with Gasteiger partial charge in [0, 0.05) is 17.4 Å².